The average Bonchev–Trinajstić information content (AvgIpc) is 2.71. The standard InChI is InChI=1S/C21H20O8/c1-27-19-10-13(3-6-16(19)23)5-8-18(29-12-22)15(21(25)26)9-14-4-7-17(24)20(11-14)28-2/h3-12,18,23-24H,1-2H3,(H,25,26)/b8-5+,15-9+. The number of rotatable bonds is 9. The van der Waals surface area contributed by atoms with Gasteiger partial charge in [-0.05, 0) is 47.5 Å². The van der Waals surface area contributed by atoms with Crippen LogP contribution in [-0.4, -0.2) is 48.1 Å². The molecule has 0 aromatic heterocycles. The number of carbonyl (C=O) groups excluding carboxylic acids is 1. The lowest BCUT2D eigenvalue weighted by Crippen LogP contribution is -2.19. The van der Waals surface area contributed by atoms with Crippen LogP contribution in [0.3, 0.4) is 0 Å². The predicted octanol–water partition coefficient (Wildman–Crippen LogP) is 2.84. The van der Waals surface area contributed by atoms with Crippen LogP contribution in [0.2, 0.25) is 0 Å². The molecule has 0 heterocycles. The van der Waals surface area contributed by atoms with E-state index in [4.69, 9.17) is 14.2 Å². The number of ether oxygens (including phenoxy) is 3. The van der Waals surface area contributed by atoms with Crippen molar-refractivity contribution in [3.05, 3.63) is 59.2 Å². The zero-order valence-electron chi connectivity index (χ0n) is 15.7. The molecule has 0 amide bonds. The van der Waals surface area contributed by atoms with E-state index in [-0.39, 0.29) is 35.0 Å². The Morgan fingerprint density at radius 1 is 0.966 bits per heavy atom. The molecule has 2 aromatic rings. The van der Waals surface area contributed by atoms with Gasteiger partial charge in [0.15, 0.2) is 29.1 Å². The van der Waals surface area contributed by atoms with Crippen molar-refractivity contribution >= 4 is 24.6 Å². The molecule has 1 atom stereocenters. The van der Waals surface area contributed by atoms with Crippen molar-refractivity contribution in [2.75, 3.05) is 14.2 Å². The molecule has 29 heavy (non-hydrogen) atoms. The number of aliphatic carboxylic acids is 1. The van der Waals surface area contributed by atoms with E-state index in [0.717, 1.165) is 0 Å². The number of aromatic hydroxyl groups is 2. The molecule has 0 spiro atoms. The highest BCUT2D eigenvalue weighted by atomic mass is 16.5. The molecular weight excluding hydrogens is 380 g/mol. The van der Waals surface area contributed by atoms with Gasteiger partial charge in [-0.2, -0.15) is 0 Å². The summed E-state index contributed by atoms with van der Waals surface area (Å²) >= 11 is 0. The van der Waals surface area contributed by atoms with Gasteiger partial charge in [-0.15, -0.1) is 0 Å². The zero-order chi connectivity index (χ0) is 21.4. The summed E-state index contributed by atoms with van der Waals surface area (Å²) in [6.07, 6.45) is 3.03. The van der Waals surface area contributed by atoms with Crippen molar-refractivity contribution in [1.29, 1.82) is 0 Å². The van der Waals surface area contributed by atoms with E-state index >= 15 is 0 Å². The summed E-state index contributed by atoms with van der Waals surface area (Å²) in [5.74, 6) is -1.02. The van der Waals surface area contributed by atoms with E-state index in [1.165, 1.54) is 56.7 Å². The Morgan fingerprint density at radius 3 is 2.03 bits per heavy atom. The molecule has 0 aliphatic heterocycles. The lowest BCUT2D eigenvalue weighted by molar-refractivity contribution is -0.135. The minimum Gasteiger partial charge on any atom is -0.504 e. The first-order chi connectivity index (χ1) is 13.9. The Morgan fingerprint density at radius 2 is 1.52 bits per heavy atom. The van der Waals surface area contributed by atoms with Crippen LogP contribution in [0.1, 0.15) is 11.1 Å². The molecule has 0 radical (unpaired) electrons. The molecule has 152 valence electrons. The zero-order valence-corrected chi connectivity index (χ0v) is 15.7. The second-order valence-electron chi connectivity index (χ2n) is 5.78. The first-order valence-corrected chi connectivity index (χ1v) is 8.35. The molecule has 0 aliphatic carbocycles. The third kappa shape index (κ3) is 5.52. The number of benzene rings is 2. The summed E-state index contributed by atoms with van der Waals surface area (Å²) in [4.78, 5) is 22.7. The van der Waals surface area contributed by atoms with Crippen molar-refractivity contribution in [3.8, 4) is 23.0 Å². The molecule has 3 N–H and O–H groups in total. The van der Waals surface area contributed by atoms with E-state index in [0.29, 0.717) is 11.1 Å². The summed E-state index contributed by atoms with van der Waals surface area (Å²) in [6.45, 7) is 0.153. The highest BCUT2D eigenvalue weighted by molar-refractivity contribution is 5.94. The second kappa shape index (κ2) is 9.84. The second-order valence-corrected chi connectivity index (χ2v) is 5.78. The molecule has 1 unspecified atom stereocenters. The average molecular weight is 400 g/mol. The molecule has 8 heteroatoms. The topological polar surface area (TPSA) is 123 Å². The highest BCUT2D eigenvalue weighted by Crippen LogP contribution is 2.29. The summed E-state index contributed by atoms with van der Waals surface area (Å²) in [5.41, 5.74) is 0.804. The van der Waals surface area contributed by atoms with Crippen LogP contribution in [0, 0.1) is 0 Å². The summed E-state index contributed by atoms with van der Waals surface area (Å²) in [7, 11) is 2.77. The molecule has 0 saturated carbocycles. The fourth-order valence-corrected chi connectivity index (χ4v) is 2.51. The Bertz CT molecular complexity index is 946. The van der Waals surface area contributed by atoms with Crippen LogP contribution in [-0.2, 0) is 14.3 Å². The highest BCUT2D eigenvalue weighted by Gasteiger charge is 2.20. The van der Waals surface area contributed by atoms with E-state index in [1.54, 1.807) is 12.1 Å². The Balaban J connectivity index is 2.41. The number of phenols is 2. The van der Waals surface area contributed by atoms with E-state index < -0.39 is 12.1 Å². The molecule has 0 aliphatic rings. The van der Waals surface area contributed by atoms with Gasteiger partial charge in [0.2, 0.25) is 0 Å². The van der Waals surface area contributed by atoms with Crippen LogP contribution < -0.4 is 9.47 Å². The fourth-order valence-electron chi connectivity index (χ4n) is 2.51. The van der Waals surface area contributed by atoms with Gasteiger partial charge in [-0.25, -0.2) is 4.79 Å². The largest absolute Gasteiger partial charge is 0.504 e. The van der Waals surface area contributed by atoms with Crippen molar-refractivity contribution in [3.63, 3.8) is 0 Å². The molecule has 2 rings (SSSR count). The van der Waals surface area contributed by atoms with Crippen LogP contribution in [0.25, 0.3) is 12.2 Å². The summed E-state index contributed by atoms with van der Waals surface area (Å²) in [6, 6.07) is 8.85. The summed E-state index contributed by atoms with van der Waals surface area (Å²) in [5, 5.41) is 28.9. The van der Waals surface area contributed by atoms with Crippen molar-refractivity contribution in [1.82, 2.24) is 0 Å². The van der Waals surface area contributed by atoms with Crippen LogP contribution >= 0.6 is 0 Å². The van der Waals surface area contributed by atoms with Crippen molar-refractivity contribution < 1.29 is 39.1 Å². The first kappa shape index (κ1) is 21.4. The maximum atomic E-state index is 11.8. The lowest BCUT2D eigenvalue weighted by atomic mass is 10.0. The Hall–Kier alpha value is -3.94. The van der Waals surface area contributed by atoms with Gasteiger partial charge in [0.25, 0.3) is 6.47 Å². The molecular formula is C21H20O8. The number of phenolic OH excluding ortho intramolecular Hbond substituents is 2. The Kier molecular flexibility index (Phi) is 7.25. The SMILES string of the molecule is COc1cc(/C=C/C(OC=O)/C(=C\c2ccc(O)c(OC)c2)C(=O)O)ccc1O. The van der Waals surface area contributed by atoms with Gasteiger partial charge in [-0.1, -0.05) is 18.2 Å². The van der Waals surface area contributed by atoms with Gasteiger partial charge in [0.1, 0.15) is 0 Å². The number of hydrogen-bond acceptors (Lipinski definition) is 7. The fraction of sp³-hybridized carbons (Fsp3) is 0.143. The monoisotopic (exact) mass is 400 g/mol. The molecule has 0 bridgehead atoms. The van der Waals surface area contributed by atoms with Gasteiger partial charge < -0.3 is 29.5 Å². The van der Waals surface area contributed by atoms with E-state index in [9.17, 15) is 24.9 Å². The molecule has 0 saturated heterocycles. The molecule has 0 fully saturated rings. The quantitative estimate of drug-likeness (QED) is 0.434. The molecule has 2 aromatic carbocycles. The summed E-state index contributed by atoms with van der Waals surface area (Å²) < 4.78 is 15.0. The predicted molar refractivity (Wildman–Crippen MR) is 105 cm³/mol. The third-order valence-corrected chi connectivity index (χ3v) is 3.95. The number of hydrogen-bond donors (Lipinski definition) is 3. The maximum absolute atomic E-state index is 11.8. The number of methoxy groups -OCH3 is 2. The number of carboxylic acids is 1. The van der Waals surface area contributed by atoms with Crippen LogP contribution in [0.5, 0.6) is 23.0 Å². The smallest absolute Gasteiger partial charge is 0.335 e. The minimum atomic E-state index is -1.29. The Labute approximate surface area is 166 Å². The van der Waals surface area contributed by atoms with Gasteiger partial charge in [0, 0.05) is 0 Å². The molecule has 8 nitrogen and oxygen atoms in total. The van der Waals surface area contributed by atoms with Crippen molar-refractivity contribution in [2.45, 2.75) is 6.10 Å². The number of carboxylic acid groups (broad SMARTS) is 1. The van der Waals surface area contributed by atoms with Gasteiger partial charge >= 0.3 is 5.97 Å². The third-order valence-electron chi connectivity index (χ3n) is 3.95. The van der Waals surface area contributed by atoms with E-state index in [2.05, 4.69) is 0 Å². The van der Waals surface area contributed by atoms with Gasteiger partial charge in [-0.3, -0.25) is 4.79 Å². The first-order valence-electron chi connectivity index (χ1n) is 8.35. The van der Waals surface area contributed by atoms with Crippen LogP contribution in [0.4, 0.5) is 0 Å². The van der Waals surface area contributed by atoms with Crippen molar-refractivity contribution in [2.24, 2.45) is 0 Å². The van der Waals surface area contributed by atoms with E-state index in [1.807, 2.05) is 0 Å². The normalized spacial score (nSPS) is 12.4. The van der Waals surface area contributed by atoms with Gasteiger partial charge in [0.05, 0.1) is 19.8 Å². The lowest BCUT2D eigenvalue weighted by Gasteiger charge is -2.13. The maximum Gasteiger partial charge on any atom is 0.335 e. The van der Waals surface area contributed by atoms with Crippen LogP contribution in [0.15, 0.2) is 48.0 Å². The minimum absolute atomic E-state index is 0.0438. The number of carbonyl (C=O) groups is 2.